The third-order valence-electron chi connectivity index (χ3n) is 3.41. The van der Waals surface area contributed by atoms with E-state index in [1.54, 1.807) is 24.3 Å². The van der Waals surface area contributed by atoms with Crippen LogP contribution in [0, 0.1) is 0 Å². The zero-order valence-corrected chi connectivity index (χ0v) is 12.3. The van der Waals surface area contributed by atoms with E-state index in [2.05, 4.69) is 15.3 Å². The second-order valence-electron chi connectivity index (χ2n) is 5.01. The number of hydrogen-bond acceptors (Lipinski definition) is 4. The molecule has 0 unspecified atom stereocenters. The summed E-state index contributed by atoms with van der Waals surface area (Å²) in [4.78, 5) is 19.3. The maximum atomic E-state index is 10.8. The minimum atomic E-state index is -0.923. The molecule has 0 aliphatic heterocycles. The van der Waals surface area contributed by atoms with Crippen molar-refractivity contribution in [2.75, 3.05) is 5.32 Å². The quantitative estimate of drug-likeness (QED) is 0.755. The van der Waals surface area contributed by atoms with Crippen molar-refractivity contribution in [3.05, 3.63) is 78.1 Å². The van der Waals surface area contributed by atoms with Gasteiger partial charge in [-0.1, -0.05) is 42.5 Å². The molecule has 0 spiro atoms. The summed E-state index contributed by atoms with van der Waals surface area (Å²) >= 11 is 0. The number of benzene rings is 2. The molecule has 2 N–H and O–H groups in total. The first kappa shape index (κ1) is 14.7. The van der Waals surface area contributed by atoms with Crippen LogP contribution in [0.5, 0.6) is 0 Å². The Bertz CT molecular complexity index is 802. The second-order valence-corrected chi connectivity index (χ2v) is 5.01. The van der Waals surface area contributed by atoms with Gasteiger partial charge in [-0.15, -0.1) is 0 Å². The molecule has 0 atom stereocenters. The molecule has 5 nitrogen and oxygen atoms in total. The number of anilines is 1. The third kappa shape index (κ3) is 3.71. The minimum Gasteiger partial charge on any atom is -0.478 e. The summed E-state index contributed by atoms with van der Waals surface area (Å²) in [5.41, 5.74) is 3.14. The molecule has 0 aliphatic carbocycles. The number of hydrogen-bond donors (Lipinski definition) is 2. The van der Waals surface area contributed by atoms with Crippen LogP contribution in [0.4, 0.5) is 5.82 Å². The Hall–Kier alpha value is -3.21. The Balaban J connectivity index is 1.70. The molecule has 23 heavy (non-hydrogen) atoms. The van der Waals surface area contributed by atoms with Crippen LogP contribution in [-0.4, -0.2) is 21.0 Å². The summed E-state index contributed by atoms with van der Waals surface area (Å²) in [6.07, 6.45) is 1.53. The molecule has 0 saturated carbocycles. The van der Waals surface area contributed by atoms with Crippen LogP contribution >= 0.6 is 0 Å². The molecule has 3 rings (SSSR count). The van der Waals surface area contributed by atoms with Gasteiger partial charge in [-0.2, -0.15) is 0 Å². The fourth-order valence-corrected chi connectivity index (χ4v) is 2.18. The summed E-state index contributed by atoms with van der Waals surface area (Å²) < 4.78 is 0. The van der Waals surface area contributed by atoms with E-state index in [9.17, 15) is 4.79 Å². The number of nitrogens with zero attached hydrogens (tertiary/aromatic N) is 2. The van der Waals surface area contributed by atoms with Crippen molar-refractivity contribution in [2.45, 2.75) is 6.54 Å². The van der Waals surface area contributed by atoms with Crippen molar-refractivity contribution in [1.82, 2.24) is 9.97 Å². The molecule has 2 aromatic carbocycles. The summed E-state index contributed by atoms with van der Waals surface area (Å²) in [6.45, 7) is 0.561. The molecule has 0 aliphatic rings. The molecule has 0 radical (unpaired) electrons. The van der Waals surface area contributed by atoms with Crippen molar-refractivity contribution in [1.29, 1.82) is 0 Å². The third-order valence-corrected chi connectivity index (χ3v) is 3.41. The van der Waals surface area contributed by atoms with Crippen LogP contribution in [0.25, 0.3) is 11.3 Å². The molecular weight excluding hydrogens is 290 g/mol. The van der Waals surface area contributed by atoms with Crippen molar-refractivity contribution in [2.24, 2.45) is 0 Å². The van der Waals surface area contributed by atoms with Crippen LogP contribution in [0.15, 0.2) is 67.0 Å². The fourth-order valence-electron chi connectivity index (χ4n) is 2.18. The van der Waals surface area contributed by atoms with Crippen LogP contribution in [0.3, 0.4) is 0 Å². The number of carbonyl (C=O) groups is 1. The molecule has 3 aromatic rings. The lowest BCUT2D eigenvalue weighted by Gasteiger charge is -2.07. The van der Waals surface area contributed by atoms with E-state index < -0.39 is 5.97 Å². The number of aromatic carboxylic acids is 1. The summed E-state index contributed by atoms with van der Waals surface area (Å²) in [6, 6.07) is 18.5. The second kappa shape index (κ2) is 6.70. The maximum Gasteiger partial charge on any atom is 0.335 e. The fraction of sp³-hybridized carbons (Fsp3) is 0.0556. The van der Waals surface area contributed by atoms with Gasteiger partial charge in [0.15, 0.2) is 0 Å². The van der Waals surface area contributed by atoms with Gasteiger partial charge in [0.25, 0.3) is 0 Å². The monoisotopic (exact) mass is 305 g/mol. The highest BCUT2D eigenvalue weighted by atomic mass is 16.4. The van der Waals surface area contributed by atoms with E-state index in [1.807, 2.05) is 36.4 Å². The van der Waals surface area contributed by atoms with Gasteiger partial charge >= 0.3 is 5.97 Å². The number of carboxylic acids is 1. The molecule has 0 bridgehead atoms. The number of nitrogens with one attached hydrogen (secondary N) is 1. The lowest BCUT2D eigenvalue weighted by atomic mass is 10.1. The van der Waals surface area contributed by atoms with Crippen LogP contribution in [-0.2, 0) is 6.54 Å². The van der Waals surface area contributed by atoms with Crippen molar-refractivity contribution < 1.29 is 9.90 Å². The predicted molar refractivity (Wildman–Crippen MR) is 88.2 cm³/mol. The van der Waals surface area contributed by atoms with Gasteiger partial charge in [0, 0.05) is 18.2 Å². The molecule has 1 heterocycles. The molecule has 114 valence electrons. The average molecular weight is 305 g/mol. The molecule has 5 heteroatoms. The first-order valence-corrected chi connectivity index (χ1v) is 7.16. The summed E-state index contributed by atoms with van der Waals surface area (Å²) in [7, 11) is 0. The van der Waals surface area contributed by atoms with Crippen molar-refractivity contribution >= 4 is 11.8 Å². The summed E-state index contributed by atoms with van der Waals surface area (Å²) in [5, 5.41) is 12.1. The Labute approximate surface area is 133 Å². The van der Waals surface area contributed by atoms with E-state index >= 15 is 0 Å². The molecule has 1 aromatic heterocycles. The van der Waals surface area contributed by atoms with Gasteiger partial charge in [-0.25, -0.2) is 14.8 Å². The van der Waals surface area contributed by atoms with E-state index in [0.29, 0.717) is 6.54 Å². The largest absolute Gasteiger partial charge is 0.478 e. The molecule has 0 fully saturated rings. The van der Waals surface area contributed by atoms with E-state index in [0.717, 1.165) is 22.6 Å². The van der Waals surface area contributed by atoms with Crippen molar-refractivity contribution in [3.63, 3.8) is 0 Å². The Kier molecular flexibility index (Phi) is 4.29. The predicted octanol–water partition coefficient (Wildman–Crippen LogP) is 3.45. The molecule has 0 amide bonds. The smallest absolute Gasteiger partial charge is 0.335 e. The average Bonchev–Trinajstić information content (AvgIpc) is 2.61. The van der Waals surface area contributed by atoms with E-state index in [-0.39, 0.29) is 5.56 Å². The van der Waals surface area contributed by atoms with E-state index in [1.165, 1.54) is 6.33 Å². The lowest BCUT2D eigenvalue weighted by Crippen LogP contribution is -2.03. The number of carboxylic acid groups (broad SMARTS) is 1. The molecular formula is C18H15N3O2. The highest BCUT2D eigenvalue weighted by Gasteiger charge is 2.03. The highest BCUT2D eigenvalue weighted by molar-refractivity contribution is 5.87. The zero-order valence-electron chi connectivity index (χ0n) is 12.3. The Morgan fingerprint density at radius 2 is 1.74 bits per heavy atom. The Morgan fingerprint density at radius 1 is 1.00 bits per heavy atom. The Morgan fingerprint density at radius 3 is 2.43 bits per heavy atom. The maximum absolute atomic E-state index is 10.8. The number of rotatable bonds is 5. The first-order chi connectivity index (χ1) is 11.2. The van der Waals surface area contributed by atoms with Gasteiger partial charge in [-0.05, 0) is 17.7 Å². The summed E-state index contributed by atoms with van der Waals surface area (Å²) in [5.74, 6) is -0.200. The lowest BCUT2D eigenvalue weighted by molar-refractivity contribution is 0.0697. The van der Waals surface area contributed by atoms with Crippen LogP contribution < -0.4 is 5.32 Å². The van der Waals surface area contributed by atoms with Gasteiger partial charge in [0.2, 0.25) is 0 Å². The van der Waals surface area contributed by atoms with Gasteiger partial charge in [0.1, 0.15) is 12.1 Å². The van der Waals surface area contributed by atoms with Crippen molar-refractivity contribution in [3.8, 4) is 11.3 Å². The van der Waals surface area contributed by atoms with Gasteiger partial charge in [-0.3, -0.25) is 0 Å². The van der Waals surface area contributed by atoms with Gasteiger partial charge < -0.3 is 10.4 Å². The highest BCUT2D eigenvalue weighted by Crippen LogP contribution is 2.18. The topological polar surface area (TPSA) is 75.1 Å². The van der Waals surface area contributed by atoms with Crippen LogP contribution in [0.2, 0.25) is 0 Å². The van der Waals surface area contributed by atoms with Gasteiger partial charge in [0.05, 0.1) is 11.3 Å². The zero-order chi connectivity index (χ0) is 16.1. The minimum absolute atomic E-state index is 0.280. The molecule has 0 saturated heterocycles. The van der Waals surface area contributed by atoms with Crippen LogP contribution in [0.1, 0.15) is 15.9 Å². The standard InChI is InChI=1S/C18H15N3O2/c22-18(23)15-8-6-13(7-9-15)11-19-17-10-16(20-12-21-17)14-4-2-1-3-5-14/h1-10,12H,11H2,(H,22,23)(H,19,20,21). The SMILES string of the molecule is O=C(O)c1ccc(CNc2cc(-c3ccccc3)ncn2)cc1. The number of aromatic nitrogens is 2. The first-order valence-electron chi connectivity index (χ1n) is 7.16. The van der Waals surface area contributed by atoms with E-state index in [4.69, 9.17) is 5.11 Å². The normalized spacial score (nSPS) is 10.3.